The number of ether oxygens (including phenoxy) is 1. The zero-order valence-electron chi connectivity index (χ0n) is 13.7. The van der Waals surface area contributed by atoms with Crippen LogP contribution in [0.25, 0.3) is 0 Å². The SMILES string of the molecule is O=C(COCc1ccccc1)N1CC[C@@H](n2cc(C3CC3)nn2)C1. The molecule has 0 N–H and O–H groups in total. The highest BCUT2D eigenvalue weighted by molar-refractivity contribution is 5.77. The van der Waals surface area contributed by atoms with Crippen LogP contribution in [0.5, 0.6) is 0 Å². The number of amides is 1. The maximum atomic E-state index is 12.3. The van der Waals surface area contributed by atoms with Gasteiger partial charge in [-0.3, -0.25) is 4.79 Å². The van der Waals surface area contributed by atoms with E-state index in [4.69, 9.17) is 4.74 Å². The molecule has 0 unspecified atom stereocenters. The average Bonchev–Trinajstić information content (AvgIpc) is 3.13. The summed E-state index contributed by atoms with van der Waals surface area (Å²) >= 11 is 0. The molecule has 1 aliphatic carbocycles. The zero-order chi connectivity index (χ0) is 16.4. The number of carbonyl (C=O) groups excluding carboxylic acids is 1. The average molecular weight is 326 g/mol. The summed E-state index contributed by atoms with van der Waals surface area (Å²) in [5.41, 5.74) is 2.19. The van der Waals surface area contributed by atoms with E-state index in [1.54, 1.807) is 0 Å². The maximum Gasteiger partial charge on any atom is 0.248 e. The van der Waals surface area contributed by atoms with Gasteiger partial charge in [0, 0.05) is 25.2 Å². The van der Waals surface area contributed by atoms with Gasteiger partial charge in [-0.25, -0.2) is 4.68 Å². The van der Waals surface area contributed by atoms with Gasteiger partial charge in [-0.1, -0.05) is 35.5 Å². The third-order valence-corrected chi connectivity index (χ3v) is 4.75. The van der Waals surface area contributed by atoms with E-state index < -0.39 is 0 Å². The van der Waals surface area contributed by atoms with Crippen molar-refractivity contribution in [3.8, 4) is 0 Å². The van der Waals surface area contributed by atoms with E-state index >= 15 is 0 Å². The summed E-state index contributed by atoms with van der Waals surface area (Å²) in [6, 6.07) is 10.1. The highest BCUT2D eigenvalue weighted by Gasteiger charge is 2.31. The van der Waals surface area contributed by atoms with Crippen molar-refractivity contribution in [1.82, 2.24) is 19.9 Å². The molecule has 1 aromatic carbocycles. The monoisotopic (exact) mass is 326 g/mol. The topological polar surface area (TPSA) is 60.2 Å². The number of hydrogen-bond acceptors (Lipinski definition) is 4. The van der Waals surface area contributed by atoms with Gasteiger partial charge in [0.05, 0.1) is 18.3 Å². The fourth-order valence-electron chi connectivity index (χ4n) is 3.14. The molecular weight excluding hydrogens is 304 g/mol. The van der Waals surface area contributed by atoms with Crippen molar-refractivity contribution in [3.05, 3.63) is 47.8 Å². The minimum atomic E-state index is 0.0518. The molecular formula is C18H22N4O2. The molecule has 24 heavy (non-hydrogen) atoms. The minimum absolute atomic E-state index is 0.0518. The molecule has 0 spiro atoms. The van der Waals surface area contributed by atoms with E-state index in [-0.39, 0.29) is 18.6 Å². The molecule has 1 aliphatic heterocycles. The van der Waals surface area contributed by atoms with Gasteiger partial charge in [0.1, 0.15) is 6.61 Å². The highest BCUT2D eigenvalue weighted by atomic mass is 16.5. The van der Waals surface area contributed by atoms with Gasteiger partial charge in [0.2, 0.25) is 5.91 Å². The van der Waals surface area contributed by atoms with Crippen molar-refractivity contribution in [1.29, 1.82) is 0 Å². The number of rotatable bonds is 6. The number of benzene rings is 1. The van der Waals surface area contributed by atoms with Crippen molar-refractivity contribution in [3.63, 3.8) is 0 Å². The lowest BCUT2D eigenvalue weighted by atomic mass is 10.2. The van der Waals surface area contributed by atoms with E-state index in [0.717, 1.165) is 24.2 Å². The van der Waals surface area contributed by atoms with Crippen molar-refractivity contribution in [2.75, 3.05) is 19.7 Å². The Kier molecular flexibility index (Phi) is 4.30. The minimum Gasteiger partial charge on any atom is -0.367 e. The van der Waals surface area contributed by atoms with Crippen LogP contribution in [0.1, 0.15) is 42.5 Å². The summed E-state index contributed by atoms with van der Waals surface area (Å²) in [6.45, 7) is 2.06. The molecule has 1 saturated carbocycles. The molecule has 0 radical (unpaired) electrons. The Morgan fingerprint density at radius 1 is 1.21 bits per heavy atom. The van der Waals surface area contributed by atoms with Crippen LogP contribution in [0, 0.1) is 0 Å². The molecule has 0 bridgehead atoms. The Bertz CT molecular complexity index is 696. The first-order valence-corrected chi connectivity index (χ1v) is 8.61. The highest BCUT2D eigenvalue weighted by Crippen LogP contribution is 2.39. The van der Waals surface area contributed by atoms with Crippen molar-refractivity contribution < 1.29 is 9.53 Å². The summed E-state index contributed by atoms with van der Waals surface area (Å²) in [5.74, 6) is 0.667. The van der Waals surface area contributed by atoms with Gasteiger partial charge in [-0.15, -0.1) is 5.10 Å². The summed E-state index contributed by atoms with van der Waals surface area (Å²) in [7, 11) is 0. The number of likely N-dealkylation sites (tertiary alicyclic amines) is 1. The molecule has 1 aromatic heterocycles. The van der Waals surface area contributed by atoms with Gasteiger partial charge in [0.15, 0.2) is 0 Å². The van der Waals surface area contributed by atoms with Crippen LogP contribution in [-0.4, -0.2) is 45.5 Å². The summed E-state index contributed by atoms with van der Waals surface area (Å²) in [6.07, 6.45) is 5.44. The van der Waals surface area contributed by atoms with Crippen molar-refractivity contribution in [2.45, 2.75) is 37.8 Å². The Labute approximate surface area is 141 Å². The fourth-order valence-corrected chi connectivity index (χ4v) is 3.14. The smallest absolute Gasteiger partial charge is 0.248 e. The molecule has 2 aliphatic rings. The first-order valence-electron chi connectivity index (χ1n) is 8.61. The van der Waals surface area contributed by atoms with Gasteiger partial charge in [-0.2, -0.15) is 0 Å². The Morgan fingerprint density at radius 3 is 2.83 bits per heavy atom. The third-order valence-electron chi connectivity index (χ3n) is 4.75. The Hall–Kier alpha value is -2.21. The second kappa shape index (κ2) is 6.73. The molecule has 6 nitrogen and oxygen atoms in total. The number of hydrogen-bond donors (Lipinski definition) is 0. The molecule has 1 saturated heterocycles. The standard InChI is InChI=1S/C18H22N4O2/c23-18(13-24-12-14-4-2-1-3-5-14)21-9-8-16(10-21)22-11-17(19-20-22)15-6-7-15/h1-5,11,15-16H,6-10,12-13H2/t16-/m1/s1. The second-order valence-electron chi connectivity index (χ2n) is 6.66. The van der Waals surface area contributed by atoms with E-state index in [2.05, 4.69) is 16.5 Å². The lowest BCUT2D eigenvalue weighted by Gasteiger charge is -2.16. The number of carbonyl (C=O) groups is 1. The fraction of sp³-hybridized carbons (Fsp3) is 0.500. The van der Waals surface area contributed by atoms with Gasteiger partial charge in [-0.05, 0) is 24.8 Å². The first-order chi connectivity index (χ1) is 11.8. The molecule has 6 heteroatoms. The number of nitrogens with zero attached hydrogens (tertiary/aromatic N) is 4. The van der Waals surface area contributed by atoms with Crippen LogP contribution in [0.2, 0.25) is 0 Å². The van der Waals surface area contributed by atoms with Gasteiger partial charge in [0.25, 0.3) is 0 Å². The molecule has 2 aromatic rings. The maximum absolute atomic E-state index is 12.3. The van der Waals surface area contributed by atoms with Crippen LogP contribution in [0.15, 0.2) is 36.5 Å². The van der Waals surface area contributed by atoms with E-state index in [0.29, 0.717) is 19.1 Å². The summed E-state index contributed by atoms with van der Waals surface area (Å²) < 4.78 is 7.49. The lowest BCUT2D eigenvalue weighted by Crippen LogP contribution is -2.32. The van der Waals surface area contributed by atoms with Crippen LogP contribution >= 0.6 is 0 Å². The van der Waals surface area contributed by atoms with Crippen LogP contribution < -0.4 is 0 Å². The number of aromatic nitrogens is 3. The first kappa shape index (κ1) is 15.3. The van der Waals surface area contributed by atoms with Gasteiger partial charge < -0.3 is 9.64 Å². The predicted octanol–water partition coefficient (Wildman–Crippen LogP) is 2.15. The summed E-state index contributed by atoms with van der Waals surface area (Å²) in [4.78, 5) is 14.2. The van der Waals surface area contributed by atoms with E-state index in [1.165, 1.54) is 12.8 Å². The van der Waals surface area contributed by atoms with E-state index in [9.17, 15) is 4.79 Å². The second-order valence-corrected chi connectivity index (χ2v) is 6.66. The quantitative estimate of drug-likeness (QED) is 0.816. The van der Waals surface area contributed by atoms with Gasteiger partial charge >= 0.3 is 0 Å². The largest absolute Gasteiger partial charge is 0.367 e. The molecule has 2 fully saturated rings. The molecule has 4 rings (SSSR count). The van der Waals surface area contributed by atoms with Crippen LogP contribution in [-0.2, 0) is 16.1 Å². The third kappa shape index (κ3) is 3.48. The Morgan fingerprint density at radius 2 is 2.04 bits per heavy atom. The normalized spacial score (nSPS) is 20.5. The molecule has 126 valence electrons. The Balaban J connectivity index is 1.25. The molecule has 1 atom stereocenters. The predicted molar refractivity (Wildman–Crippen MR) is 88.3 cm³/mol. The van der Waals surface area contributed by atoms with Crippen LogP contribution in [0.3, 0.4) is 0 Å². The zero-order valence-corrected chi connectivity index (χ0v) is 13.7. The van der Waals surface area contributed by atoms with E-state index in [1.807, 2.05) is 39.9 Å². The summed E-state index contributed by atoms with van der Waals surface area (Å²) in [5, 5.41) is 8.51. The lowest BCUT2D eigenvalue weighted by molar-refractivity contribution is -0.135. The molecule has 1 amide bonds. The van der Waals surface area contributed by atoms with Crippen molar-refractivity contribution in [2.24, 2.45) is 0 Å². The molecule has 2 heterocycles. The van der Waals surface area contributed by atoms with Crippen molar-refractivity contribution >= 4 is 5.91 Å². The van der Waals surface area contributed by atoms with Crippen LogP contribution in [0.4, 0.5) is 0 Å².